The van der Waals surface area contributed by atoms with Crippen LogP contribution in [0.2, 0.25) is 0 Å². The molecular formula is C15H23BrN2O2. The number of aliphatic hydroxyl groups is 1. The Morgan fingerprint density at radius 3 is 2.85 bits per heavy atom. The van der Waals surface area contributed by atoms with Gasteiger partial charge in [-0.1, -0.05) is 28.1 Å². The molecule has 4 nitrogen and oxygen atoms in total. The van der Waals surface area contributed by atoms with Crippen LogP contribution >= 0.6 is 15.9 Å². The fourth-order valence-corrected chi connectivity index (χ4v) is 2.77. The summed E-state index contributed by atoms with van der Waals surface area (Å²) >= 11 is 3.48. The van der Waals surface area contributed by atoms with E-state index in [0.29, 0.717) is 13.1 Å². The van der Waals surface area contributed by atoms with E-state index in [1.807, 2.05) is 12.1 Å². The second-order valence-corrected chi connectivity index (χ2v) is 6.17. The summed E-state index contributed by atoms with van der Waals surface area (Å²) in [6.07, 6.45) is -0.345. The Morgan fingerprint density at radius 2 is 2.15 bits per heavy atom. The predicted molar refractivity (Wildman–Crippen MR) is 83.8 cm³/mol. The minimum absolute atomic E-state index is 0.229. The summed E-state index contributed by atoms with van der Waals surface area (Å²) in [5.41, 5.74) is 1.22. The van der Waals surface area contributed by atoms with Crippen LogP contribution < -0.4 is 5.32 Å². The molecule has 0 bridgehead atoms. The van der Waals surface area contributed by atoms with E-state index in [4.69, 9.17) is 4.74 Å². The first kappa shape index (κ1) is 15.9. The SMILES string of the molecule is CC(NCC(O)CN1CCOCC1)c1cccc(Br)c1. The lowest BCUT2D eigenvalue weighted by atomic mass is 10.1. The van der Waals surface area contributed by atoms with E-state index in [9.17, 15) is 5.11 Å². The lowest BCUT2D eigenvalue weighted by Crippen LogP contribution is -2.44. The average Bonchev–Trinajstić information content (AvgIpc) is 2.46. The van der Waals surface area contributed by atoms with E-state index in [1.54, 1.807) is 0 Å². The minimum atomic E-state index is -0.345. The van der Waals surface area contributed by atoms with Gasteiger partial charge in [0.15, 0.2) is 0 Å². The number of hydrogen-bond acceptors (Lipinski definition) is 4. The molecule has 2 N–H and O–H groups in total. The Hall–Kier alpha value is -0.460. The quantitative estimate of drug-likeness (QED) is 0.827. The number of ether oxygens (including phenoxy) is 1. The Bertz CT molecular complexity index is 411. The van der Waals surface area contributed by atoms with Crippen LogP contribution in [0.4, 0.5) is 0 Å². The monoisotopic (exact) mass is 342 g/mol. The van der Waals surface area contributed by atoms with Gasteiger partial charge in [-0.2, -0.15) is 0 Å². The van der Waals surface area contributed by atoms with Crippen molar-refractivity contribution in [2.75, 3.05) is 39.4 Å². The molecule has 1 aliphatic heterocycles. The molecule has 2 unspecified atom stereocenters. The van der Waals surface area contributed by atoms with Crippen LogP contribution in [0.25, 0.3) is 0 Å². The highest BCUT2D eigenvalue weighted by atomic mass is 79.9. The van der Waals surface area contributed by atoms with Gasteiger partial charge in [-0.05, 0) is 24.6 Å². The second kappa shape index (κ2) is 8.10. The molecule has 1 saturated heterocycles. The van der Waals surface area contributed by atoms with Crippen LogP contribution in [-0.4, -0.2) is 55.5 Å². The number of rotatable bonds is 6. The van der Waals surface area contributed by atoms with E-state index in [1.165, 1.54) is 5.56 Å². The summed E-state index contributed by atoms with van der Waals surface area (Å²) in [5, 5.41) is 13.5. The van der Waals surface area contributed by atoms with Gasteiger partial charge in [0, 0.05) is 36.7 Å². The van der Waals surface area contributed by atoms with Crippen LogP contribution in [0.1, 0.15) is 18.5 Å². The molecular weight excluding hydrogens is 320 g/mol. The van der Waals surface area contributed by atoms with Crippen molar-refractivity contribution < 1.29 is 9.84 Å². The molecule has 0 radical (unpaired) electrons. The van der Waals surface area contributed by atoms with Gasteiger partial charge in [-0.15, -0.1) is 0 Å². The van der Waals surface area contributed by atoms with Crippen LogP contribution in [0.3, 0.4) is 0 Å². The molecule has 2 atom stereocenters. The van der Waals surface area contributed by atoms with E-state index in [0.717, 1.165) is 30.8 Å². The summed E-state index contributed by atoms with van der Waals surface area (Å²) in [6, 6.07) is 8.47. The second-order valence-electron chi connectivity index (χ2n) is 5.25. The first-order valence-electron chi connectivity index (χ1n) is 7.12. The molecule has 1 heterocycles. The van der Waals surface area contributed by atoms with E-state index < -0.39 is 0 Å². The molecule has 0 aliphatic carbocycles. The number of β-amino-alcohol motifs (C(OH)–C–C–N with tert-alkyl or cyclic N) is 1. The summed E-state index contributed by atoms with van der Waals surface area (Å²) in [4.78, 5) is 2.25. The molecule has 0 amide bonds. The zero-order valence-corrected chi connectivity index (χ0v) is 13.5. The van der Waals surface area contributed by atoms with Crippen molar-refractivity contribution in [3.05, 3.63) is 34.3 Å². The number of nitrogens with zero attached hydrogens (tertiary/aromatic N) is 1. The lowest BCUT2D eigenvalue weighted by molar-refractivity contribution is 0.0145. The molecule has 20 heavy (non-hydrogen) atoms. The average molecular weight is 343 g/mol. The highest BCUT2D eigenvalue weighted by Gasteiger charge is 2.15. The van der Waals surface area contributed by atoms with Crippen molar-refractivity contribution >= 4 is 15.9 Å². The maximum atomic E-state index is 10.1. The third-order valence-electron chi connectivity index (χ3n) is 3.58. The Morgan fingerprint density at radius 1 is 1.40 bits per heavy atom. The molecule has 1 aromatic rings. The first-order chi connectivity index (χ1) is 9.65. The molecule has 5 heteroatoms. The van der Waals surface area contributed by atoms with E-state index >= 15 is 0 Å². The van der Waals surface area contributed by atoms with E-state index in [2.05, 4.69) is 45.2 Å². The van der Waals surface area contributed by atoms with Gasteiger partial charge in [-0.25, -0.2) is 0 Å². The van der Waals surface area contributed by atoms with Crippen molar-refractivity contribution in [3.63, 3.8) is 0 Å². The van der Waals surface area contributed by atoms with Crippen molar-refractivity contribution in [1.82, 2.24) is 10.2 Å². The zero-order chi connectivity index (χ0) is 14.4. The fraction of sp³-hybridized carbons (Fsp3) is 0.600. The van der Waals surface area contributed by atoms with Crippen molar-refractivity contribution in [1.29, 1.82) is 0 Å². The highest BCUT2D eigenvalue weighted by molar-refractivity contribution is 9.10. The van der Waals surface area contributed by atoms with Gasteiger partial charge >= 0.3 is 0 Å². The molecule has 112 valence electrons. The lowest BCUT2D eigenvalue weighted by Gasteiger charge is -2.29. The maximum absolute atomic E-state index is 10.1. The standard InChI is InChI=1S/C15H23BrN2O2/c1-12(13-3-2-4-14(16)9-13)17-10-15(19)11-18-5-7-20-8-6-18/h2-4,9,12,15,17,19H,5-8,10-11H2,1H3. The van der Waals surface area contributed by atoms with Crippen molar-refractivity contribution in [3.8, 4) is 0 Å². The van der Waals surface area contributed by atoms with Gasteiger partial charge in [0.2, 0.25) is 0 Å². The van der Waals surface area contributed by atoms with Gasteiger partial charge in [0.05, 0.1) is 19.3 Å². The summed E-state index contributed by atoms with van der Waals surface area (Å²) in [6.45, 7) is 6.80. The molecule has 0 saturated carbocycles. The largest absolute Gasteiger partial charge is 0.390 e. The Balaban J connectivity index is 1.73. The molecule has 1 aliphatic rings. The number of halogens is 1. The molecule has 2 rings (SSSR count). The van der Waals surface area contributed by atoms with Crippen LogP contribution in [0.5, 0.6) is 0 Å². The summed E-state index contributed by atoms with van der Waals surface area (Å²) < 4.78 is 6.39. The summed E-state index contributed by atoms with van der Waals surface area (Å²) in [5.74, 6) is 0. The molecule has 0 aromatic heterocycles. The third-order valence-corrected chi connectivity index (χ3v) is 4.07. The first-order valence-corrected chi connectivity index (χ1v) is 7.91. The normalized spacial score (nSPS) is 19.8. The summed E-state index contributed by atoms with van der Waals surface area (Å²) in [7, 11) is 0. The van der Waals surface area contributed by atoms with Gasteiger partial charge in [-0.3, -0.25) is 4.90 Å². The fourth-order valence-electron chi connectivity index (χ4n) is 2.35. The molecule has 1 aromatic carbocycles. The Labute approximate surface area is 129 Å². The van der Waals surface area contributed by atoms with Gasteiger partial charge in [0.1, 0.15) is 0 Å². The van der Waals surface area contributed by atoms with Crippen LogP contribution in [0.15, 0.2) is 28.7 Å². The molecule has 0 spiro atoms. The van der Waals surface area contributed by atoms with E-state index in [-0.39, 0.29) is 12.1 Å². The minimum Gasteiger partial charge on any atom is -0.390 e. The molecule has 1 fully saturated rings. The Kier molecular flexibility index (Phi) is 6.45. The number of aliphatic hydroxyl groups excluding tert-OH is 1. The van der Waals surface area contributed by atoms with Crippen molar-refractivity contribution in [2.24, 2.45) is 0 Å². The van der Waals surface area contributed by atoms with Crippen LogP contribution in [0, 0.1) is 0 Å². The smallest absolute Gasteiger partial charge is 0.0791 e. The topological polar surface area (TPSA) is 44.7 Å². The maximum Gasteiger partial charge on any atom is 0.0791 e. The third kappa shape index (κ3) is 5.14. The zero-order valence-electron chi connectivity index (χ0n) is 11.9. The van der Waals surface area contributed by atoms with Crippen molar-refractivity contribution in [2.45, 2.75) is 19.1 Å². The number of benzene rings is 1. The predicted octanol–water partition coefficient (Wildman–Crippen LogP) is 1.79. The van der Waals surface area contributed by atoms with Crippen LogP contribution in [-0.2, 0) is 4.74 Å². The number of hydrogen-bond donors (Lipinski definition) is 2. The number of nitrogens with one attached hydrogen (secondary N) is 1. The van der Waals surface area contributed by atoms with Gasteiger partial charge < -0.3 is 15.2 Å². The number of morpholine rings is 1. The van der Waals surface area contributed by atoms with Gasteiger partial charge in [0.25, 0.3) is 0 Å². The highest BCUT2D eigenvalue weighted by Crippen LogP contribution is 2.17.